The van der Waals surface area contributed by atoms with Gasteiger partial charge in [0.15, 0.2) is 0 Å². The highest BCUT2D eigenvalue weighted by Gasteiger charge is 2.03. The number of benzene rings is 3. The Morgan fingerprint density at radius 2 is 1.74 bits per heavy atom. The topological polar surface area (TPSA) is 50.7 Å². The average molecular weight is 379 g/mol. The van der Waals surface area contributed by atoms with Gasteiger partial charge in [0.1, 0.15) is 12.4 Å². The van der Waals surface area contributed by atoms with Crippen LogP contribution in [0.3, 0.4) is 0 Å². The summed E-state index contributed by atoms with van der Waals surface area (Å²) in [6, 6.07) is 22.3. The summed E-state index contributed by atoms with van der Waals surface area (Å²) < 4.78 is 5.81. The molecule has 27 heavy (non-hydrogen) atoms. The van der Waals surface area contributed by atoms with Crippen LogP contribution in [0.4, 0.5) is 0 Å². The van der Waals surface area contributed by atoms with E-state index in [0.29, 0.717) is 17.2 Å². The van der Waals surface area contributed by atoms with Gasteiger partial charge in [0.2, 0.25) is 0 Å². The molecule has 0 saturated carbocycles. The van der Waals surface area contributed by atoms with Crippen LogP contribution in [-0.4, -0.2) is 12.1 Å². The summed E-state index contributed by atoms with van der Waals surface area (Å²) in [6.45, 7) is 2.59. The van der Waals surface area contributed by atoms with E-state index in [4.69, 9.17) is 16.3 Å². The summed E-state index contributed by atoms with van der Waals surface area (Å²) >= 11 is 5.81. The smallest absolute Gasteiger partial charge is 0.271 e. The van der Waals surface area contributed by atoms with Gasteiger partial charge in [-0.15, -0.1) is 0 Å². The van der Waals surface area contributed by atoms with E-state index in [1.807, 2.05) is 36.4 Å². The lowest BCUT2D eigenvalue weighted by atomic mass is 10.1. The summed E-state index contributed by atoms with van der Waals surface area (Å²) in [4.78, 5) is 12.0. The van der Waals surface area contributed by atoms with Crippen LogP contribution in [0.25, 0.3) is 0 Å². The van der Waals surface area contributed by atoms with Gasteiger partial charge in [-0.1, -0.05) is 35.9 Å². The molecule has 1 N–H and O–H groups in total. The molecule has 0 fully saturated rings. The Labute approximate surface area is 163 Å². The Hall–Kier alpha value is -3.11. The van der Waals surface area contributed by atoms with E-state index >= 15 is 0 Å². The molecule has 0 bridgehead atoms. The van der Waals surface area contributed by atoms with Crippen molar-refractivity contribution in [2.75, 3.05) is 0 Å². The molecule has 3 aromatic carbocycles. The number of rotatable bonds is 6. The van der Waals surface area contributed by atoms with Crippen molar-refractivity contribution in [1.82, 2.24) is 5.43 Å². The molecular formula is C22H19ClN2O2. The second-order valence-electron chi connectivity index (χ2n) is 5.99. The largest absolute Gasteiger partial charge is 0.489 e. The molecule has 0 atom stereocenters. The van der Waals surface area contributed by atoms with Crippen molar-refractivity contribution in [2.45, 2.75) is 13.5 Å². The highest BCUT2D eigenvalue weighted by atomic mass is 35.5. The molecule has 0 saturated heterocycles. The van der Waals surface area contributed by atoms with Gasteiger partial charge in [0.05, 0.1) is 6.21 Å². The first-order chi connectivity index (χ1) is 13.1. The minimum absolute atomic E-state index is 0.291. The molecule has 0 aliphatic heterocycles. The second kappa shape index (κ2) is 9.01. The summed E-state index contributed by atoms with van der Waals surface area (Å²) in [7, 11) is 0. The lowest BCUT2D eigenvalue weighted by molar-refractivity contribution is 0.0955. The first-order valence-electron chi connectivity index (χ1n) is 8.48. The molecule has 1 amide bonds. The van der Waals surface area contributed by atoms with Crippen molar-refractivity contribution in [2.24, 2.45) is 5.10 Å². The number of amides is 1. The standard InChI is InChI=1S/C22H19ClN2O2/c1-16-4-2-3-5-19(16)15-27-21-12-6-17(7-13-21)14-24-25-22(26)18-8-10-20(23)11-9-18/h2-14H,15H2,1H3,(H,25,26)/b24-14+. The van der Waals surface area contributed by atoms with Crippen LogP contribution >= 0.6 is 11.6 Å². The van der Waals surface area contributed by atoms with E-state index in [1.54, 1.807) is 30.5 Å². The molecule has 0 spiro atoms. The molecule has 0 aliphatic carbocycles. The zero-order valence-corrected chi connectivity index (χ0v) is 15.6. The van der Waals surface area contributed by atoms with Gasteiger partial charge in [0.25, 0.3) is 5.91 Å². The molecule has 0 radical (unpaired) electrons. The maximum Gasteiger partial charge on any atom is 0.271 e. The van der Waals surface area contributed by atoms with Crippen LogP contribution in [-0.2, 0) is 6.61 Å². The second-order valence-corrected chi connectivity index (χ2v) is 6.43. The number of carbonyl (C=O) groups is 1. The molecule has 0 aliphatic rings. The van der Waals surface area contributed by atoms with E-state index in [-0.39, 0.29) is 5.91 Å². The fraction of sp³-hybridized carbons (Fsp3) is 0.0909. The normalized spacial score (nSPS) is 10.7. The Kier molecular flexibility index (Phi) is 6.23. The molecule has 0 aromatic heterocycles. The number of aryl methyl sites for hydroxylation is 1. The molecule has 5 heteroatoms. The van der Waals surface area contributed by atoms with Gasteiger partial charge in [-0.3, -0.25) is 4.79 Å². The number of carbonyl (C=O) groups excluding carboxylic acids is 1. The van der Waals surface area contributed by atoms with Crippen LogP contribution in [0.15, 0.2) is 77.9 Å². The summed E-state index contributed by atoms with van der Waals surface area (Å²) in [5, 5.41) is 4.56. The van der Waals surface area contributed by atoms with Crippen LogP contribution in [0, 0.1) is 6.92 Å². The van der Waals surface area contributed by atoms with Crippen LogP contribution < -0.4 is 10.2 Å². The Bertz CT molecular complexity index is 935. The Balaban J connectivity index is 1.52. The van der Waals surface area contributed by atoms with Crippen molar-refractivity contribution in [3.63, 3.8) is 0 Å². The Morgan fingerprint density at radius 1 is 1.04 bits per heavy atom. The zero-order chi connectivity index (χ0) is 19.1. The molecule has 3 rings (SSSR count). The maximum atomic E-state index is 12.0. The SMILES string of the molecule is Cc1ccccc1COc1ccc(/C=N/NC(=O)c2ccc(Cl)cc2)cc1. The number of halogens is 1. The first kappa shape index (κ1) is 18.7. The molecular weight excluding hydrogens is 360 g/mol. The van der Waals surface area contributed by atoms with Crippen molar-refractivity contribution in [3.8, 4) is 5.75 Å². The van der Waals surface area contributed by atoms with Gasteiger partial charge in [-0.2, -0.15) is 5.10 Å². The highest BCUT2D eigenvalue weighted by molar-refractivity contribution is 6.30. The van der Waals surface area contributed by atoms with Gasteiger partial charge in [0, 0.05) is 10.6 Å². The monoisotopic (exact) mass is 378 g/mol. The number of hydrazone groups is 1. The minimum Gasteiger partial charge on any atom is -0.489 e. The van der Waals surface area contributed by atoms with E-state index in [1.165, 1.54) is 5.56 Å². The number of nitrogens with zero attached hydrogens (tertiary/aromatic N) is 1. The average Bonchev–Trinajstić information content (AvgIpc) is 2.69. The van der Waals surface area contributed by atoms with Crippen LogP contribution in [0.1, 0.15) is 27.0 Å². The van der Waals surface area contributed by atoms with E-state index in [0.717, 1.165) is 16.9 Å². The van der Waals surface area contributed by atoms with Crippen LogP contribution in [0.5, 0.6) is 5.75 Å². The predicted octanol–water partition coefficient (Wildman–Crippen LogP) is 4.99. The zero-order valence-electron chi connectivity index (χ0n) is 14.9. The van der Waals surface area contributed by atoms with Gasteiger partial charge >= 0.3 is 0 Å². The molecule has 4 nitrogen and oxygen atoms in total. The molecule has 0 unspecified atom stereocenters. The van der Waals surface area contributed by atoms with Gasteiger partial charge in [-0.05, 0) is 72.1 Å². The van der Waals surface area contributed by atoms with Crippen LogP contribution in [0.2, 0.25) is 5.02 Å². The fourth-order valence-corrected chi connectivity index (χ4v) is 2.54. The van der Waals surface area contributed by atoms with Crippen molar-refractivity contribution < 1.29 is 9.53 Å². The third-order valence-corrected chi connectivity index (χ3v) is 4.27. The molecule has 136 valence electrons. The van der Waals surface area contributed by atoms with E-state index in [2.05, 4.69) is 29.6 Å². The summed E-state index contributed by atoms with van der Waals surface area (Å²) in [5.41, 5.74) is 6.21. The van der Waals surface area contributed by atoms with Crippen molar-refractivity contribution >= 4 is 23.7 Å². The van der Waals surface area contributed by atoms with Gasteiger partial charge in [-0.25, -0.2) is 5.43 Å². The molecule has 3 aromatic rings. The van der Waals surface area contributed by atoms with Crippen molar-refractivity contribution in [3.05, 3.63) is 100 Å². The number of ether oxygens (including phenoxy) is 1. The highest BCUT2D eigenvalue weighted by Crippen LogP contribution is 2.15. The fourth-order valence-electron chi connectivity index (χ4n) is 2.41. The number of hydrogen-bond acceptors (Lipinski definition) is 3. The number of nitrogens with one attached hydrogen (secondary N) is 1. The molecule has 0 heterocycles. The summed E-state index contributed by atoms with van der Waals surface area (Å²) in [5.74, 6) is 0.488. The maximum absolute atomic E-state index is 12.0. The lowest BCUT2D eigenvalue weighted by Gasteiger charge is -2.08. The predicted molar refractivity (Wildman–Crippen MR) is 108 cm³/mol. The van der Waals surface area contributed by atoms with E-state index in [9.17, 15) is 4.79 Å². The Morgan fingerprint density at radius 3 is 2.44 bits per heavy atom. The quantitative estimate of drug-likeness (QED) is 0.485. The number of hydrogen-bond donors (Lipinski definition) is 1. The third kappa shape index (κ3) is 5.43. The van der Waals surface area contributed by atoms with Gasteiger partial charge < -0.3 is 4.74 Å². The van der Waals surface area contributed by atoms with E-state index < -0.39 is 0 Å². The summed E-state index contributed by atoms with van der Waals surface area (Å²) in [6.07, 6.45) is 1.58. The third-order valence-electron chi connectivity index (χ3n) is 4.02. The lowest BCUT2D eigenvalue weighted by Crippen LogP contribution is -2.17. The first-order valence-corrected chi connectivity index (χ1v) is 8.86. The van der Waals surface area contributed by atoms with Crippen molar-refractivity contribution in [1.29, 1.82) is 0 Å². The minimum atomic E-state index is -0.291.